The van der Waals surface area contributed by atoms with E-state index in [0.29, 0.717) is 0 Å². The Morgan fingerprint density at radius 2 is 1.62 bits per heavy atom. The second-order valence-electron chi connectivity index (χ2n) is 3.48. The number of hydrogen-bond donors (Lipinski definition) is 0. The summed E-state index contributed by atoms with van der Waals surface area (Å²) in [5.41, 5.74) is 0. The average molecular weight is 292 g/mol. The maximum atomic E-state index is 3.29. The maximum absolute atomic E-state index is 3.29. The van der Waals surface area contributed by atoms with Crippen molar-refractivity contribution in [1.29, 1.82) is 0 Å². The fourth-order valence-corrected chi connectivity index (χ4v) is 2.16. The molecule has 0 unspecified atom stereocenters. The molecule has 0 aliphatic heterocycles. The van der Waals surface area contributed by atoms with E-state index in [2.05, 4.69) is 31.8 Å². The molecule has 1 aliphatic rings. The van der Waals surface area contributed by atoms with Gasteiger partial charge in [-0.25, -0.2) is 12.2 Å². The van der Waals surface area contributed by atoms with Gasteiger partial charge >= 0.3 is 21.7 Å². The van der Waals surface area contributed by atoms with Gasteiger partial charge in [-0.15, -0.1) is 6.42 Å². The van der Waals surface area contributed by atoms with Crippen LogP contribution in [0.2, 0.25) is 19.6 Å². The third-order valence-electron chi connectivity index (χ3n) is 1.60. The Balaban J connectivity index is -0.000000101. The summed E-state index contributed by atoms with van der Waals surface area (Å²) in [7, 11) is -0.981. The van der Waals surface area contributed by atoms with Crippen LogP contribution in [0.3, 0.4) is 0 Å². The fraction of sp³-hybridized carbons (Fsp3) is 0.500. The summed E-state index contributed by atoms with van der Waals surface area (Å²) in [4.78, 5) is 0. The van der Waals surface area contributed by atoms with Crippen molar-refractivity contribution in [2.75, 3.05) is 0 Å². The first-order valence-electron chi connectivity index (χ1n) is 3.38. The van der Waals surface area contributed by atoms with E-state index in [4.69, 9.17) is 0 Å². The van der Waals surface area contributed by atoms with Crippen molar-refractivity contribution in [2.45, 2.75) is 26.1 Å². The van der Waals surface area contributed by atoms with E-state index < -0.39 is 8.07 Å². The number of halogens is 3. The van der Waals surface area contributed by atoms with Crippen molar-refractivity contribution in [1.82, 2.24) is 0 Å². The summed E-state index contributed by atoms with van der Waals surface area (Å²) in [6.45, 7) is 7.09. The first-order chi connectivity index (χ1) is 4.11. The van der Waals surface area contributed by atoms with E-state index in [1.807, 2.05) is 6.08 Å². The predicted molar refractivity (Wildman–Crippen MR) is 43.9 cm³/mol. The molecule has 1 rings (SSSR count). The molecule has 0 bridgehead atoms. The van der Waals surface area contributed by atoms with Gasteiger partial charge in [0.05, 0.1) is 8.07 Å². The average Bonchev–Trinajstić information content (AvgIpc) is 2.08. The van der Waals surface area contributed by atoms with Gasteiger partial charge in [-0.3, -0.25) is 6.08 Å². The van der Waals surface area contributed by atoms with Crippen molar-refractivity contribution < 1.29 is 58.9 Å². The minimum absolute atomic E-state index is 0. The Hall–Kier alpha value is 1.28. The largest absolute Gasteiger partial charge is 4.00 e. The second-order valence-corrected chi connectivity index (χ2v) is 8.58. The van der Waals surface area contributed by atoms with E-state index in [-0.39, 0.29) is 58.9 Å². The van der Waals surface area contributed by atoms with Gasteiger partial charge in [0.2, 0.25) is 0 Å². The summed E-state index contributed by atoms with van der Waals surface area (Å²) >= 11 is 0. The molecule has 0 spiro atoms. The van der Waals surface area contributed by atoms with Crippen molar-refractivity contribution in [2.24, 2.45) is 0 Å². The Bertz CT molecular complexity index is 173. The second kappa shape index (κ2) is 9.82. The van der Waals surface area contributed by atoms with Crippen LogP contribution in [-0.2, 0) is 21.7 Å². The van der Waals surface area contributed by atoms with Crippen molar-refractivity contribution in [3.63, 3.8) is 0 Å². The Morgan fingerprint density at radius 3 is 1.77 bits per heavy atom. The summed E-state index contributed by atoms with van der Waals surface area (Å²) < 4.78 is 0. The molecule has 0 heterocycles. The zero-order valence-corrected chi connectivity index (χ0v) is 12.8. The maximum Gasteiger partial charge on any atom is 4.00 e. The molecular formula is C8H13Cl3SiTi. The molecule has 0 fully saturated rings. The smallest absolute Gasteiger partial charge is 1.00 e. The molecule has 0 radical (unpaired) electrons. The van der Waals surface area contributed by atoms with Gasteiger partial charge in [-0.05, 0) is 0 Å². The van der Waals surface area contributed by atoms with E-state index >= 15 is 0 Å². The normalized spacial score (nSPS) is 12.7. The van der Waals surface area contributed by atoms with Crippen LogP contribution < -0.4 is 37.2 Å². The monoisotopic (exact) mass is 290 g/mol. The molecule has 0 nitrogen and oxygen atoms in total. The Morgan fingerprint density at radius 1 is 1.15 bits per heavy atom. The molecule has 13 heavy (non-hydrogen) atoms. The van der Waals surface area contributed by atoms with E-state index in [1.165, 1.54) is 0 Å². The van der Waals surface area contributed by atoms with Crippen LogP contribution >= 0.6 is 0 Å². The van der Waals surface area contributed by atoms with Crippen molar-refractivity contribution >= 4 is 8.07 Å². The Kier molecular flexibility index (Phi) is 18.0. The molecule has 5 heteroatoms. The van der Waals surface area contributed by atoms with Crippen LogP contribution in [0.5, 0.6) is 0 Å². The summed E-state index contributed by atoms with van der Waals surface area (Å²) in [5.74, 6) is 0. The number of allylic oxidation sites excluding steroid dienone is 4. The SMILES string of the molecule is C[Si](C)(C)C1=[C-]C=CC1.[Cl-].[Cl-].[Cl-].[Ti+4]. The van der Waals surface area contributed by atoms with Gasteiger partial charge in [-0.1, -0.05) is 19.6 Å². The standard InChI is InChI=1S/C8H13Si.3ClH.Ti/c1-9(2,3)8-6-4-5-7-8;;;;/h4-5H,6H2,1-3H3;3*1H;/q-1;;;;+4/p-3. The first-order valence-corrected chi connectivity index (χ1v) is 6.88. The van der Waals surface area contributed by atoms with E-state index in [0.717, 1.165) is 6.42 Å². The molecule has 0 aromatic rings. The van der Waals surface area contributed by atoms with Crippen molar-refractivity contribution in [3.05, 3.63) is 23.4 Å². The minimum atomic E-state index is -0.981. The summed E-state index contributed by atoms with van der Waals surface area (Å²) in [5, 5.41) is 1.56. The van der Waals surface area contributed by atoms with Crippen LogP contribution in [0.15, 0.2) is 17.3 Å². The van der Waals surface area contributed by atoms with Crippen LogP contribution in [0.25, 0.3) is 0 Å². The van der Waals surface area contributed by atoms with E-state index in [9.17, 15) is 0 Å². The van der Waals surface area contributed by atoms with Gasteiger partial charge < -0.3 is 37.2 Å². The summed E-state index contributed by atoms with van der Waals surface area (Å²) in [6, 6.07) is 0. The molecule has 0 N–H and O–H groups in total. The molecule has 0 saturated heterocycles. The topological polar surface area (TPSA) is 0 Å². The zero-order chi connectivity index (χ0) is 6.91. The van der Waals surface area contributed by atoms with Gasteiger partial charge in [0.25, 0.3) is 0 Å². The van der Waals surface area contributed by atoms with Crippen LogP contribution in [0.1, 0.15) is 6.42 Å². The van der Waals surface area contributed by atoms with Crippen LogP contribution in [-0.4, -0.2) is 8.07 Å². The molecule has 74 valence electrons. The molecule has 0 amide bonds. The molecule has 0 aromatic heterocycles. The van der Waals surface area contributed by atoms with Crippen LogP contribution in [0, 0.1) is 6.08 Å². The predicted octanol–water partition coefficient (Wildman–Crippen LogP) is -6.44. The molecule has 0 aromatic carbocycles. The Labute approximate surface area is 116 Å². The van der Waals surface area contributed by atoms with Crippen LogP contribution in [0.4, 0.5) is 0 Å². The minimum Gasteiger partial charge on any atom is -1.00 e. The summed E-state index contributed by atoms with van der Waals surface area (Å²) in [6.07, 6.45) is 8.69. The zero-order valence-electron chi connectivity index (χ0n) is 8.00. The third-order valence-corrected chi connectivity index (χ3v) is 3.76. The number of rotatable bonds is 1. The van der Waals surface area contributed by atoms with Crippen molar-refractivity contribution in [3.8, 4) is 0 Å². The third kappa shape index (κ3) is 8.29. The quantitative estimate of drug-likeness (QED) is 0.333. The molecule has 0 saturated carbocycles. The van der Waals surface area contributed by atoms with Gasteiger partial charge in [0.15, 0.2) is 0 Å². The van der Waals surface area contributed by atoms with Gasteiger partial charge in [-0.2, -0.15) is 5.20 Å². The molecular weight excluding hydrogens is 278 g/mol. The molecule has 1 aliphatic carbocycles. The van der Waals surface area contributed by atoms with Gasteiger partial charge in [0, 0.05) is 0 Å². The first kappa shape index (κ1) is 23.8. The fourth-order valence-electron chi connectivity index (χ4n) is 0.918. The number of hydrogen-bond acceptors (Lipinski definition) is 0. The van der Waals surface area contributed by atoms with E-state index in [1.54, 1.807) is 5.20 Å². The molecule has 0 atom stereocenters. The van der Waals surface area contributed by atoms with Gasteiger partial charge in [0.1, 0.15) is 0 Å².